The number of hydrogen-bond acceptors (Lipinski definition) is 6. The lowest BCUT2D eigenvalue weighted by molar-refractivity contribution is -0.124. The van der Waals surface area contributed by atoms with Crippen molar-refractivity contribution in [2.24, 2.45) is 11.8 Å². The molecular formula is C31H41ClN4O4S. The zero-order chi connectivity index (χ0) is 29.1. The van der Waals surface area contributed by atoms with Gasteiger partial charge in [0.05, 0.1) is 16.3 Å². The molecule has 1 aromatic carbocycles. The minimum atomic E-state index is -3.49. The van der Waals surface area contributed by atoms with Gasteiger partial charge in [-0.3, -0.25) is 9.59 Å². The van der Waals surface area contributed by atoms with Crippen LogP contribution in [0.15, 0.2) is 58.3 Å². The van der Waals surface area contributed by atoms with Crippen LogP contribution in [0, 0.1) is 11.8 Å². The van der Waals surface area contributed by atoms with Gasteiger partial charge in [0.15, 0.2) is 9.84 Å². The number of carbonyl (C=O) groups is 2. The molecule has 2 bridgehead atoms. The molecule has 0 saturated carbocycles. The van der Waals surface area contributed by atoms with Crippen molar-refractivity contribution in [2.75, 3.05) is 39.0 Å². The number of allylic oxidation sites excluding steroid dienone is 3. The summed E-state index contributed by atoms with van der Waals surface area (Å²) in [6.07, 6.45) is 10.4. The molecule has 222 valence electrons. The molecule has 4 saturated heterocycles. The van der Waals surface area contributed by atoms with Gasteiger partial charge < -0.3 is 20.4 Å². The summed E-state index contributed by atoms with van der Waals surface area (Å²) in [6, 6.07) is 6.97. The first kappa shape index (κ1) is 29.9. The molecule has 0 aromatic heterocycles. The van der Waals surface area contributed by atoms with Crippen molar-refractivity contribution in [1.29, 1.82) is 0 Å². The molecule has 4 aliphatic heterocycles. The van der Waals surface area contributed by atoms with E-state index < -0.39 is 9.84 Å². The highest BCUT2D eigenvalue weighted by Gasteiger charge is 2.35. The van der Waals surface area contributed by atoms with Gasteiger partial charge >= 0.3 is 0 Å². The predicted molar refractivity (Wildman–Crippen MR) is 162 cm³/mol. The molecule has 2 N–H and O–H groups in total. The number of amides is 2. The van der Waals surface area contributed by atoms with Crippen molar-refractivity contribution in [3.05, 3.63) is 68.9 Å². The van der Waals surface area contributed by atoms with E-state index in [0.717, 1.165) is 56.8 Å². The van der Waals surface area contributed by atoms with E-state index in [0.29, 0.717) is 47.4 Å². The van der Waals surface area contributed by atoms with Crippen molar-refractivity contribution in [3.8, 4) is 0 Å². The summed E-state index contributed by atoms with van der Waals surface area (Å²) in [5, 5.41) is 6.78. The first-order chi connectivity index (χ1) is 19.6. The molecule has 0 radical (unpaired) electrons. The fourth-order valence-electron chi connectivity index (χ4n) is 6.68. The second-order valence-electron chi connectivity index (χ2n) is 12.0. The van der Waals surface area contributed by atoms with Crippen LogP contribution < -0.4 is 10.6 Å². The number of benzene rings is 1. The standard InChI is InChI=1S/C31H41ClN4O4S/c1-21-5-3-8-26(41(2,39)40)19-27(34-31(38)24-6-4-7-25(32)18-24)30(21)36-15-9-22(10-16-36)17-29(37)33-28-20-35-13-11-23(28)12-14-35/h4,6-8,18-19,22-23,28H,3,5,9-17,20H2,1-2H3,(H,33,37)(H,34,38). The molecule has 1 aliphatic carbocycles. The number of fused-ring (bicyclic) bond motifs is 3. The molecule has 5 aliphatic rings. The van der Waals surface area contributed by atoms with E-state index >= 15 is 0 Å². The van der Waals surface area contributed by atoms with Crippen molar-refractivity contribution >= 4 is 33.3 Å². The summed E-state index contributed by atoms with van der Waals surface area (Å²) in [5.41, 5.74) is 2.83. The third-order valence-corrected chi connectivity index (χ3v) is 10.4. The lowest BCUT2D eigenvalue weighted by Gasteiger charge is -2.45. The van der Waals surface area contributed by atoms with E-state index in [1.807, 2.05) is 6.92 Å². The smallest absolute Gasteiger partial charge is 0.255 e. The van der Waals surface area contributed by atoms with Crippen molar-refractivity contribution < 1.29 is 18.0 Å². The maximum atomic E-state index is 13.3. The maximum absolute atomic E-state index is 13.3. The quantitative estimate of drug-likeness (QED) is 0.485. The van der Waals surface area contributed by atoms with Crippen LogP contribution in [0.4, 0.5) is 0 Å². The molecule has 1 unspecified atom stereocenters. The number of nitrogens with zero attached hydrogens (tertiary/aromatic N) is 2. The third kappa shape index (κ3) is 7.43. The summed E-state index contributed by atoms with van der Waals surface area (Å²) in [5.74, 6) is 0.706. The Morgan fingerprint density at radius 1 is 1.07 bits per heavy atom. The summed E-state index contributed by atoms with van der Waals surface area (Å²) >= 11 is 6.13. The van der Waals surface area contributed by atoms with Gasteiger partial charge in [0.1, 0.15) is 0 Å². The molecule has 1 aromatic rings. The fraction of sp³-hybridized carbons (Fsp3) is 0.548. The number of nitrogens with one attached hydrogen (secondary N) is 2. The molecule has 0 spiro atoms. The molecular weight excluding hydrogens is 560 g/mol. The lowest BCUT2D eigenvalue weighted by atomic mass is 9.83. The monoisotopic (exact) mass is 600 g/mol. The first-order valence-corrected chi connectivity index (χ1v) is 17.0. The van der Waals surface area contributed by atoms with Crippen LogP contribution in [0.2, 0.25) is 5.02 Å². The first-order valence-electron chi connectivity index (χ1n) is 14.7. The highest BCUT2D eigenvalue weighted by atomic mass is 35.5. The number of likely N-dealkylation sites (tertiary alicyclic amines) is 1. The van der Waals surface area contributed by atoms with Gasteiger partial charge in [0.25, 0.3) is 5.91 Å². The Hall–Kier alpha value is -2.62. The lowest BCUT2D eigenvalue weighted by Crippen LogP contribution is -2.57. The van der Waals surface area contributed by atoms with E-state index in [1.165, 1.54) is 19.1 Å². The van der Waals surface area contributed by atoms with Crippen LogP contribution in [-0.2, 0) is 14.6 Å². The fourth-order valence-corrected chi connectivity index (χ4v) is 7.63. The van der Waals surface area contributed by atoms with Crippen molar-refractivity contribution in [3.63, 3.8) is 0 Å². The van der Waals surface area contributed by atoms with Crippen LogP contribution in [0.1, 0.15) is 62.2 Å². The zero-order valence-corrected chi connectivity index (χ0v) is 25.6. The Kier molecular flexibility index (Phi) is 9.26. The van der Waals surface area contributed by atoms with Crippen LogP contribution in [0.25, 0.3) is 0 Å². The number of halogens is 1. The van der Waals surface area contributed by atoms with Crippen LogP contribution in [0.5, 0.6) is 0 Å². The van der Waals surface area contributed by atoms with E-state index in [1.54, 1.807) is 36.4 Å². The normalized spacial score (nSPS) is 25.6. The number of carbonyl (C=O) groups excluding carboxylic acids is 2. The molecule has 41 heavy (non-hydrogen) atoms. The average Bonchev–Trinajstić information content (AvgIpc) is 2.92. The van der Waals surface area contributed by atoms with Crippen molar-refractivity contribution in [2.45, 2.75) is 57.9 Å². The second kappa shape index (κ2) is 12.7. The SMILES string of the molecule is CC1=C(N2CCC(CC(=O)NC3CN4CCC3CC4)CC2)C(NC(=O)c2cccc(Cl)c2)=CC(S(C)(=O)=O)=CCC1. The van der Waals surface area contributed by atoms with Gasteiger partial charge in [-0.25, -0.2) is 8.42 Å². The van der Waals surface area contributed by atoms with Crippen LogP contribution >= 0.6 is 11.6 Å². The van der Waals surface area contributed by atoms with Gasteiger partial charge in [-0.1, -0.05) is 23.7 Å². The molecule has 6 rings (SSSR count). The van der Waals surface area contributed by atoms with Gasteiger partial charge in [-0.15, -0.1) is 0 Å². The van der Waals surface area contributed by atoms with Gasteiger partial charge in [-0.05, 0) is 100 Å². The summed E-state index contributed by atoms with van der Waals surface area (Å²) in [6.45, 7) is 6.79. The molecule has 1 atom stereocenters. The summed E-state index contributed by atoms with van der Waals surface area (Å²) in [4.78, 5) is 31.1. The number of sulfone groups is 1. The summed E-state index contributed by atoms with van der Waals surface area (Å²) < 4.78 is 25.2. The molecule has 4 fully saturated rings. The third-order valence-electron chi connectivity index (χ3n) is 8.98. The van der Waals surface area contributed by atoms with Gasteiger partial charge in [-0.2, -0.15) is 0 Å². The Morgan fingerprint density at radius 3 is 2.44 bits per heavy atom. The molecule has 2 amide bonds. The number of piperidine rings is 4. The highest BCUT2D eigenvalue weighted by molar-refractivity contribution is 7.94. The van der Waals surface area contributed by atoms with E-state index in [2.05, 4.69) is 20.4 Å². The maximum Gasteiger partial charge on any atom is 0.255 e. The molecule has 10 heteroatoms. The van der Waals surface area contributed by atoms with E-state index in [4.69, 9.17) is 11.6 Å². The molecule has 4 heterocycles. The van der Waals surface area contributed by atoms with Gasteiger partial charge in [0, 0.05) is 48.9 Å². The second-order valence-corrected chi connectivity index (χ2v) is 14.5. The Balaban J connectivity index is 1.29. The predicted octanol–water partition coefficient (Wildman–Crippen LogP) is 4.26. The number of hydrogen-bond donors (Lipinski definition) is 2. The van der Waals surface area contributed by atoms with Gasteiger partial charge in [0.2, 0.25) is 5.91 Å². The minimum absolute atomic E-state index is 0.154. The van der Waals surface area contributed by atoms with Crippen LogP contribution in [0.3, 0.4) is 0 Å². The average molecular weight is 601 g/mol. The molecule has 8 nitrogen and oxygen atoms in total. The van der Waals surface area contributed by atoms with E-state index in [-0.39, 0.29) is 22.8 Å². The van der Waals surface area contributed by atoms with Crippen molar-refractivity contribution in [1.82, 2.24) is 20.4 Å². The highest BCUT2D eigenvalue weighted by Crippen LogP contribution is 2.32. The minimum Gasteiger partial charge on any atom is -0.370 e. The van der Waals surface area contributed by atoms with E-state index in [9.17, 15) is 18.0 Å². The number of rotatable bonds is 7. The summed E-state index contributed by atoms with van der Waals surface area (Å²) in [7, 11) is -3.49. The Bertz CT molecular complexity index is 1370. The Labute approximate surface area is 248 Å². The topological polar surface area (TPSA) is 98.8 Å². The van der Waals surface area contributed by atoms with Crippen LogP contribution in [-0.4, -0.2) is 75.1 Å². The Morgan fingerprint density at radius 2 is 1.80 bits per heavy atom. The largest absolute Gasteiger partial charge is 0.370 e. The zero-order valence-electron chi connectivity index (χ0n) is 24.0.